The molecule has 0 aliphatic carbocycles. The van der Waals surface area contributed by atoms with Crippen LogP contribution in [0.3, 0.4) is 0 Å². The van der Waals surface area contributed by atoms with Crippen LogP contribution in [0.15, 0.2) is 36.4 Å². The summed E-state index contributed by atoms with van der Waals surface area (Å²) >= 11 is 6.02. The zero-order valence-electron chi connectivity index (χ0n) is 16.2. The predicted molar refractivity (Wildman–Crippen MR) is 108 cm³/mol. The Morgan fingerprint density at radius 2 is 1.72 bits per heavy atom. The molecule has 2 aromatic rings. The van der Waals surface area contributed by atoms with E-state index in [0.29, 0.717) is 27.8 Å². The number of amides is 2. The molecule has 8 nitrogen and oxygen atoms in total. The van der Waals surface area contributed by atoms with Gasteiger partial charge < -0.3 is 24.8 Å². The summed E-state index contributed by atoms with van der Waals surface area (Å²) in [7, 11) is 2.97. The monoisotopic (exact) mass is 420 g/mol. The van der Waals surface area contributed by atoms with Crippen molar-refractivity contribution in [2.75, 3.05) is 32.7 Å². The molecule has 0 saturated carbocycles. The van der Waals surface area contributed by atoms with Crippen LogP contribution < -0.4 is 20.1 Å². The Morgan fingerprint density at radius 3 is 2.34 bits per heavy atom. The number of aryl methyl sites for hydroxylation is 1. The fourth-order valence-electron chi connectivity index (χ4n) is 2.31. The van der Waals surface area contributed by atoms with Crippen LogP contribution in [0.1, 0.15) is 15.9 Å². The van der Waals surface area contributed by atoms with Crippen LogP contribution >= 0.6 is 11.6 Å². The van der Waals surface area contributed by atoms with Gasteiger partial charge in [-0.15, -0.1) is 0 Å². The lowest BCUT2D eigenvalue weighted by Gasteiger charge is -2.12. The van der Waals surface area contributed by atoms with Gasteiger partial charge >= 0.3 is 5.97 Å². The summed E-state index contributed by atoms with van der Waals surface area (Å²) in [5.41, 5.74) is 1.52. The highest BCUT2D eigenvalue weighted by molar-refractivity contribution is 6.31. The summed E-state index contributed by atoms with van der Waals surface area (Å²) in [6, 6.07) is 9.61. The third-order valence-corrected chi connectivity index (χ3v) is 4.27. The summed E-state index contributed by atoms with van der Waals surface area (Å²) < 4.78 is 15.1. The molecule has 2 rings (SSSR count). The zero-order valence-corrected chi connectivity index (χ0v) is 17.0. The van der Waals surface area contributed by atoms with Crippen LogP contribution in [0.4, 0.5) is 5.69 Å². The Labute approximate surface area is 173 Å². The maximum atomic E-state index is 12.0. The molecule has 29 heavy (non-hydrogen) atoms. The van der Waals surface area contributed by atoms with Gasteiger partial charge in [-0.3, -0.25) is 14.4 Å². The number of rotatable bonds is 8. The molecular formula is C20H21ClN2O6. The lowest BCUT2D eigenvalue weighted by molar-refractivity contribution is -0.146. The van der Waals surface area contributed by atoms with Crippen molar-refractivity contribution in [3.8, 4) is 11.5 Å². The predicted octanol–water partition coefficient (Wildman–Crippen LogP) is 2.58. The van der Waals surface area contributed by atoms with Crippen molar-refractivity contribution in [3.05, 3.63) is 52.5 Å². The lowest BCUT2D eigenvalue weighted by atomic mass is 10.2. The highest BCUT2D eigenvalue weighted by atomic mass is 35.5. The van der Waals surface area contributed by atoms with Crippen LogP contribution in [-0.4, -0.2) is 45.2 Å². The molecule has 2 aromatic carbocycles. The van der Waals surface area contributed by atoms with E-state index in [1.54, 1.807) is 43.3 Å². The molecule has 0 radical (unpaired) electrons. The molecule has 0 bridgehead atoms. The molecule has 0 spiro atoms. The zero-order chi connectivity index (χ0) is 21.4. The number of nitrogens with one attached hydrogen (secondary N) is 2. The summed E-state index contributed by atoms with van der Waals surface area (Å²) in [6.45, 7) is 0.895. The number of halogens is 1. The first kappa shape index (κ1) is 22.0. The molecule has 0 heterocycles. The Kier molecular flexibility index (Phi) is 7.85. The second-order valence-electron chi connectivity index (χ2n) is 5.92. The van der Waals surface area contributed by atoms with Crippen molar-refractivity contribution in [2.24, 2.45) is 0 Å². The molecule has 0 fully saturated rings. The molecule has 0 aromatic heterocycles. The van der Waals surface area contributed by atoms with Gasteiger partial charge in [0.25, 0.3) is 11.8 Å². The number of benzene rings is 2. The van der Waals surface area contributed by atoms with Crippen molar-refractivity contribution in [1.29, 1.82) is 0 Å². The molecule has 0 aliphatic heterocycles. The van der Waals surface area contributed by atoms with Gasteiger partial charge in [0.15, 0.2) is 6.61 Å². The third-order valence-electron chi connectivity index (χ3n) is 3.86. The number of anilines is 1. The Bertz CT molecular complexity index is 899. The van der Waals surface area contributed by atoms with E-state index in [1.165, 1.54) is 14.2 Å². The smallest absolute Gasteiger partial charge is 0.325 e. The fraction of sp³-hybridized carbons (Fsp3) is 0.250. The fourth-order valence-corrected chi connectivity index (χ4v) is 2.46. The van der Waals surface area contributed by atoms with E-state index in [1.807, 2.05) is 0 Å². The second kappa shape index (κ2) is 10.3. The first-order valence-corrected chi connectivity index (χ1v) is 8.93. The lowest BCUT2D eigenvalue weighted by Crippen LogP contribution is -2.32. The van der Waals surface area contributed by atoms with Crippen molar-refractivity contribution in [2.45, 2.75) is 6.92 Å². The Hall–Kier alpha value is -3.26. The van der Waals surface area contributed by atoms with Crippen LogP contribution in [0.5, 0.6) is 11.5 Å². The van der Waals surface area contributed by atoms with Crippen molar-refractivity contribution >= 4 is 35.1 Å². The van der Waals surface area contributed by atoms with Crippen LogP contribution in [-0.2, 0) is 14.3 Å². The molecule has 0 atom stereocenters. The SMILES string of the molecule is COc1ccc(C(=O)NCC(=O)OCC(=O)Nc2cc(C)c(Cl)cc2OC)cc1. The van der Waals surface area contributed by atoms with Crippen molar-refractivity contribution in [1.82, 2.24) is 5.32 Å². The minimum atomic E-state index is -0.749. The van der Waals surface area contributed by atoms with Gasteiger partial charge in [-0.2, -0.15) is 0 Å². The summed E-state index contributed by atoms with van der Waals surface area (Å²) in [5.74, 6) is -0.761. The van der Waals surface area contributed by atoms with Gasteiger partial charge in [0.05, 0.1) is 19.9 Å². The van der Waals surface area contributed by atoms with Crippen LogP contribution in [0.2, 0.25) is 5.02 Å². The number of ether oxygens (including phenoxy) is 3. The third kappa shape index (κ3) is 6.39. The first-order chi connectivity index (χ1) is 13.8. The van der Waals surface area contributed by atoms with Gasteiger partial charge in [0, 0.05) is 16.7 Å². The average Bonchev–Trinajstić information content (AvgIpc) is 2.72. The van der Waals surface area contributed by atoms with E-state index < -0.39 is 24.4 Å². The molecule has 154 valence electrons. The topological polar surface area (TPSA) is 103 Å². The number of hydrogen-bond donors (Lipinski definition) is 2. The van der Waals surface area contributed by atoms with E-state index in [-0.39, 0.29) is 6.54 Å². The number of carbonyl (C=O) groups excluding carboxylic acids is 3. The van der Waals surface area contributed by atoms with Gasteiger partial charge in [-0.1, -0.05) is 11.6 Å². The highest BCUT2D eigenvalue weighted by Crippen LogP contribution is 2.30. The minimum absolute atomic E-state index is 0.363. The van der Waals surface area contributed by atoms with E-state index in [0.717, 1.165) is 5.56 Å². The van der Waals surface area contributed by atoms with Gasteiger partial charge in [-0.05, 0) is 42.8 Å². The van der Waals surface area contributed by atoms with Gasteiger partial charge in [0.2, 0.25) is 0 Å². The summed E-state index contributed by atoms with van der Waals surface area (Å²) in [4.78, 5) is 35.8. The molecule has 0 aliphatic rings. The largest absolute Gasteiger partial charge is 0.497 e. The van der Waals surface area contributed by atoms with Crippen LogP contribution in [0.25, 0.3) is 0 Å². The maximum absolute atomic E-state index is 12.0. The van der Waals surface area contributed by atoms with E-state index in [4.69, 9.17) is 25.8 Å². The Morgan fingerprint density at radius 1 is 1.03 bits per heavy atom. The molecule has 2 amide bonds. The van der Waals surface area contributed by atoms with E-state index in [2.05, 4.69) is 10.6 Å². The van der Waals surface area contributed by atoms with E-state index in [9.17, 15) is 14.4 Å². The summed E-state index contributed by atoms with van der Waals surface area (Å²) in [5, 5.41) is 5.51. The number of esters is 1. The van der Waals surface area contributed by atoms with Crippen molar-refractivity contribution in [3.63, 3.8) is 0 Å². The average molecular weight is 421 g/mol. The number of carbonyl (C=O) groups is 3. The maximum Gasteiger partial charge on any atom is 0.325 e. The normalized spacial score (nSPS) is 10.1. The number of hydrogen-bond acceptors (Lipinski definition) is 6. The van der Waals surface area contributed by atoms with E-state index >= 15 is 0 Å². The standard InChI is InChI=1S/C20H21ClN2O6/c1-12-8-16(17(28-3)9-15(12)21)23-18(24)11-29-19(25)10-22-20(26)13-4-6-14(27-2)7-5-13/h4-9H,10-11H2,1-3H3,(H,22,26)(H,23,24). The highest BCUT2D eigenvalue weighted by Gasteiger charge is 2.13. The van der Waals surface area contributed by atoms with Crippen molar-refractivity contribution < 1.29 is 28.6 Å². The Balaban J connectivity index is 1.80. The van der Waals surface area contributed by atoms with Gasteiger partial charge in [-0.25, -0.2) is 0 Å². The molecule has 0 saturated heterocycles. The molecule has 2 N–H and O–H groups in total. The minimum Gasteiger partial charge on any atom is -0.497 e. The first-order valence-electron chi connectivity index (χ1n) is 8.56. The quantitative estimate of drug-likeness (QED) is 0.636. The molecule has 0 unspecified atom stereocenters. The summed E-state index contributed by atoms with van der Waals surface area (Å²) in [6.07, 6.45) is 0. The molecule has 9 heteroatoms. The second-order valence-corrected chi connectivity index (χ2v) is 6.33. The molecular weight excluding hydrogens is 400 g/mol. The van der Waals surface area contributed by atoms with Crippen LogP contribution in [0, 0.1) is 6.92 Å². The number of methoxy groups -OCH3 is 2. The van der Waals surface area contributed by atoms with Gasteiger partial charge in [0.1, 0.15) is 18.0 Å².